The number of hydrogen-bond acceptors (Lipinski definition) is 7. The standard InChI is InChI=1S/C33H48O7/c1-19(2)29-22(5)12-13-32(40-29)17-26-16-25(39-32)11-10-21(4)14-20(3)8-7-9-24-18-37-30-28(34)23(6)15-27(31(35)38-26)33(24,30)36/h7-10,15,19-20,22,25-30,34,36H,11-14,16-18H2,1-6H3/b8-7+,21-10-,24-9+. The number of allylic oxidation sites excluding steroid dienone is 4. The second kappa shape index (κ2) is 11.5. The van der Waals surface area contributed by atoms with E-state index in [4.69, 9.17) is 18.9 Å². The largest absolute Gasteiger partial charge is 0.462 e. The van der Waals surface area contributed by atoms with E-state index in [0.717, 1.165) is 25.7 Å². The van der Waals surface area contributed by atoms with Crippen molar-refractivity contribution in [3.8, 4) is 0 Å². The van der Waals surface area contributed by atoms with Crippen molar-refractivity contribution >= 4 is 5.97 Å². The summed E-state index contributed by atoms with van der Waals surface area (Å²) in [7, 11) is 0. The molecule has 40 heavy (non-hydrogen) atoms. The first-order valence-corrected chi connectivity index (χ1v) is 15.2. The molecule has 0 radical (unpaired) electrons. The topological polar surface area (TPSA) is 94.5 Å². The molecule has 10 atom stereocenters. The van der Waals surface area contributed by atoms with Crippen LogP contribution in [0, 0.1) is 23.7 Å². The summed E-state index contributed by atoms with van der Waals surface area (Å²) >= 11 is 0. The van der Waals surface area contributed by atoms with E-state index in [2.05, 4.69) is 46.8 Å². The van der Waals surface area contributed by atoms with E-state index in [0.29, 0.717) is 35.8 Å². The van der Waals surface area contributed by atoms with Gasteiger partial charge in [0.05, 0.1) is 18.8 Å². The van der Waals surface area contributed by atoms with Crippen LogP contribution in [0.1, 0.15) is 80.1 Å². The van der Waals surface area contributed by atoms with Gasteiger partial charge in [0.2, 0.25) is 0 Å². The Kier molecular flexibility index (Phi) is 8.53. The van der Waals surface area contributed by atoms with Gasteiger partial charge in [0, 0.05) is 19.3 Å². The monoisotopic (exact) mass is 556 g/mol. The van der Waals surface area contributed by atoms with Crippen molar-refractivity contribution in [2.45, 2.75) is 122 Å². The first-order valence-electron chi connectivity index (χ1n) is 15.2. The van der Waals surface area contributed by atoms with E-state index >= 15 is 0 Å². The molecule has 5 aliphatic rings. The highest BCUT2D eigenvalue weighted by molar-refractivity contribution is 5.78. The minimum Gasteiger partial charge on any atom is -0.462 e. The molecule has 1 aliphatic carbocycles. The smallest absolute Gasteiger partial charge is 0.316 e. The zero-order valence-electron chi connectivity index (χ0n) is 25.0. The van der Waals surface area contributed by atoms with Gasteiger partial charge in [0.25, 0.3) is 0 Å². The molecule has 0 amide bonds. The first kappa shape index (κ1) is 29.7. The van der Waals surface area contributed by atoms with Crippen LogP contribution in [0.4, 0.5) is 0 Å². The maximum absolute atomic E-state index is 13.9. The normalized spacial score (nSPS) is 47.9. The fourth-order valence-corrected chi connectivity index (χ4v) is 7.48. The molecule has 1 spiro atoms. The van der Waals surface area contributed by atoms with Crippen LogP contribution in [0.5, 0.6) is 0 Å². The number of carbonyl (C=O) groups is 1. The number of ether oxygens (including phenoxy) is 4. The molecule has 4 heterocycles. The molecular weight excluding hydrogens is 508 g/mol. The summed E-state index contributed by atoms with van der Waals surface area (Å²) in [5.41, 5.74) is 0.780. The lowest BCUT2D eigenvalue weighted by Gasteiger charge is -2.50. The lowest BCUT2D eigenvalue weighted by molar-refractivity contribution is -0.340. The summed E-state index contributed by atoms with van der Waals surface area (Å²) in [6.07, 6.45) is 11.8. The van der Waals surface area contributed by atoms with Crippen molar-refractivity contribution < 1.29 is 34.0 Å². The van der Waals surface area contributed by atoms with Gasteiger partial charge >= 0.3 is 5.97 Å². The maximum atomic E-state index is 13.9. The van der Waals surface area contributed by atoms with Crippen molar-refractivity contribution in [1.29, 1.82) is 0 Å². The molecule has 7 heteroatoms. The fraction of sp³-hybridized carbons (Fsp3) is 0.727. The van der Waals surface area contributed by atoms with Crippen LogP contribution in [0.15, 0.2) is 47.1 Å². The van der Waals surface area contributed by atoms with Gasteiger partial charge in [0.15, 0.2) is 5.79 Å². The molecule has 222 valence electrons. The molecule has 2 N–H and O–H groups in total. The van der Waals surface area contributed by atoms with Gasteiger partial charge in [-0.3, -0.25) is 4.79 Å². The quantitative estimate of drug-likeness (QED) is 0.340. The Morgan fingerprint density at radius 3 is 2.65 bits per heavy atom. The van der Waals surface area contributed by atoms with Gasteiger partial charge in [-0.1, -0.05) is 63.6 Å². The Labute approximate surface area is 239 Å². The number of fused-ring (bicyclic) bond motifs is 2. The van der Waals surface area contributed by atoms with Crippen molar-refractivity contribution in [3.63, 3.8) is 0 Å². The summed E-state index contributed by atoms with van der Waals surface area (Å²) < 4.78 is 25.6. The number of esters is 1. The lowest BCUT2D eigenvalue weighted by Crippen LogP contribution is -2.58. The number of aliphatic hydroxyl groups excluding tert-OH is 1. The molecule has 3 saturated heterocycles. The second-order valence-electron chi connectivity index (χ2n) is 13.4. The van der Waals surface area contributed by atoms with Crippen LogP contribution in [-0.2, 0) is 23.7 Å². The summed E-state index contributed by atoms with van der Waals surface area (Å²) in [6.45, 7) is 12.8. The first-order chi connectivity index (χ1) is 18.9. The van der Waals surface area contributed by atoms with Gasteiger partial charge in [0.1, 0.15) is 29.8 Å². The summed E-state index contributed by atoms with van der Waals surface area (Å²) in [6, 6.07) is 0. The number of aliphatic hydroxyl groups is 2. The Morgan fingerprint density at radius 2 is 1.90 bits per heavy atom. The summed E-state index contributed by atoms with van der Waals surface area (Å²) in [5, 5.41) is 22.9. The van der Waals surface area contributed by atoms with E-state index < -0.39 is 41.6 Å². The Bertz CT molecular complexity index is 1090. The van der Waals surface area contributed by atoms with Crippen LogP contribution < -0.4 is 0 Å². The van der Waals surface area contributed by atoms with Crippen LogP contribution in [-0.4, -0.2) is 64.7 Å². The summed E-state index contributed by atoms with van der Waals surface area (Å²) in [4.78, 5) is 13.9. The predicted molar refractivity (Wildman–Crippen MR) is 152 cm³/mol. The summed E-state index contributed by atoms with van der Waals surface area (Å²) in [5.74, 6) is -1.22. The molecule has 7 nitrogen and oxygen atoms in total. The van der Waals surface area contributed by atoms with Gasteiger partial charge < -0.3 is 29.2 Å². The van der Waals surface area contributed by atoms with Crippen molar-refractivity contribution in [2.75, 3.05) is 6.61 Å². The van der Waals surface area contributed by atoms with Crippen LogP contribution in [0.2, 0.25) is 0 Å². The van der Waals surface area contributed by atoms with E-state index in [1.165, 1.54) is 5.57 Å². The third-order valence-corrected chi connectivity index (χ3v) is 9.67. The van der Waals surface area contributed by atoms with Gasteiger partial charge in [-0.05, 0) is 62.0 Å². The van der Waals surface area contributed by atoms with Crippen molar-refractivity contribution in [1.82, 2.24) is 0 Å². The minimum absolute atomic E-state index is 0.0712. The third kappa shape index (κ3) is 5.65. The van der Waals surface area contributed by atoms with Crippen molar-refractivity contribution in [3.05, 3.63) is 47.1 Å². The van der Waals surface area contributed by atoms with Gasteiger partial charge in [-0.15, -0.1) is 0 Å². The van der Waals surface area contributed by atoms with Gasteiger partial charge in [-0.2, -0.15) is 0 Å². The third-order valence-electron chi connectivity index (χ3n) is 9.67. The molecule has 0 aromatic carbocycles. The van der Waals surface area contributed by atoms with E-state index in [1.54, 1.807) is 13.0 Å². The van der Waals surface area contributed by atoms with Crippen LogP contribution >= 0.6 is 0 Å². The van der Waals surface area contributed by atoms with E-state index in [-0.39, 0.29) is 24.7 Å². The Hall–Kier alpha value is -1.77. The molecule has 0 saturated carbocycles. The molecule has 2 bridgehead atoms. The average Bonchev–Trinajstić information content (AvgIpc) is 3.23. The Morgan fingerprint density at radius 1 is 1.12 bits per heavy atom. The number of rotatable bonds is 1. The highest BCUT2D eigenvalue weighted by atomic mass is 16.7. The van der Waals surface area contributed by atoms with Crippen LogP contribution in [0.3, 0.4) is 0 Å². The molecular formula is C33H48O7. The zero-order chi connectivity index (χ0) is 28.8. The fourth-order valence-electron chi connectivity index (χ4n) is 7.48. The molecule has 3 fully saturated rings. The molecule has 4 aliphatic heterocycles. The molecule has 0 aromatic rings. The minimum atomic E-state index is -1.68. The Balaban J connectivity index is 1.51. The molecule has 0 aromatic heterocycles. The lowest BCUT2D eigenvalue weighted by atomic mass is 9.71. The highest BCUT2D eigenvalue weighted by Gasteiger charge is 2.60. The number of hydrogen-bond donors (Lipinski definition) is 2. The zero-order valence-corrected chi connectivity index (χ0v) is 25.0. The van der Waals surface area contributed by atoms with Crippen LogP contribution in [0.25, 0.3) is 0 Å². The second-order valence-corrected chi connectivity index (χ2v) is 13.4. The van der Waals surface area contributed by atoms with E-state index in [1.807, 2.05) is 12.2 Å². The molecule has 10 unspecified atom stereocenters. The highest BCUT2D eigenvalue weighted by Crippen LogP contribution is 2.47. The maximum Gasteiger partial charge on any atom is 0.316 e. The molecule has 5 rings (SSSR count). The average molecular weight is 557 g/mol. The van der Waals surface area contributed by atoms with E-state index in [9.17, 15) is 15.0 Å². The SMILES string of the molecule is CC1=CC2C(=O)OC3CC(C/C=C(/C)CC(C)/C=C/C=C4\COC(C1O)C42O)OC1(CCC(C)C(C(C)C)O1)C3. The van der Waals surface area contributed by atoms with Gasteiger partial charge in [-0.25, -0.2) is 0 Å². The number of carbonyl (C=O) groups excluding carboxylic acids is 1. The van der Waals surface area contributed by atoms with Crippen molar-refractivity contribution in [2.24, 2.45) is 23.7 Å². The predicted octanol–water partition coefficient (Wildman–Crippen LogP) is 5.17.